The minimum atomic E-state index is -0.299. The number of nitrogens with zero attached hydrogens (tertiary/aromatic N) is 2. The van der Waals surface area contributed by atoms with Crippen LogP contribution in [0.2, 0.25) is 0 Å². The van der Waals surface area contributed by atoms with Crippen LogP contribution < -0.4 is 5.32 Å². The molecule has 3 rings (SSSR count). The second-order valence-electron chi connectivity index (χ2n) is 6.63. The minimum Gasteiger partial charge on any atom is -0.467 e. The molecule has 22 heavy (non-hydrogen) atoms. The fraction of sp³-hybridized carbons (Fsp3) is 0.625. The predicted molar refractivity (Wildman–Crippen MR) is 82.3 cm³/mol. The van der Waals surface area contributed by atoms with Gasteiger partial charge < -0.3 is 14.6 Å². The van der Waals surface area contributed by atoms with Crippen LogP contribution in [0.4, 0.5) is 0 Å². The van der Waals surface area contributed by atoms with E-state index in [1.165, 1.54) is 0 Å². The molecule has 2 aliphatic heterocycles. The van der Waals surface area contributed by atoms with E-state index in [4.69, 9.17) is 9.25 Å². The van der Waals surface area contributed by atoms with Crippen molar-refractivity contribution in [2.24, 2.45) is 11.1 Å². The summed E-state index contributed by atoms with van der Waals surface area (Å²) in [7, 11) is 0. The molecule has 120 valence electrons. The van der Waals surface area contributed by atoms with Crippen molar-refractivity contribution in [3.05, 3.63) is 24.2 Å². The van der Waals surface area contributed by atoms with Crippen molar-refractivity contribution in [1.82, 2.24) is 10.2 Å². The Hall–Kier alpha value is -1.82. The van der Waals surface area contributed by atoms with Crippen molar-refractivity contribution in [2.45, 2.75) is 38.8 Å². The number of likely N-dealkylation sites (tertiary alicyclic amines) is 1. The number of carbonyl (C=O) groups is 1. The molecule has 1 spiro atoms. The molecular formula is C16H23N3O3. The third-order valence-electron chi connectivity index (χ3n) is 4.12. The highest BCUT2D eigenvalue weighted by atomic mass is 16.7. The maximum absolute atomic E-state index is 12.2. The highest BCUT2D eigenvalue weighted by molar-refractivity contribution is 6.39. The van der Waals surface area contributed by atoms with E-state index in [1.807, 2.05) is 6.07 Å². The highest BCUT2D eigenvalue weighted by Crippen LogP contribution is 2.34. The molecule has 0 radical (unpaired) electrons. The normalized spacial score (nSPS) is 24.8. The van der Waals surface area contributed by atoms with Gasteiger partial charge in [0.05, 0.1) is 12.8 Å². The number of furan rings is 1. The van der Waals surface area contributed by atoms with Crippen LogP contribution in [0.15, 0.2) is 28.0 Å². The average molecular weight is 305 g/mol. The monoisotopic (exact) mass is 305 g/mol. The molecule has 0 aliphatic carbocycles. The molecule has 1 aromatic heterocycles. The smallest absolute Gasteiger partial charge is 0.269 e. The van der Waals surface area contributed by atoms with Gasteiger partial charge in [-0.25, -0.2) is 0 Å². The lowest BCUT2D eigenvalue weighted by molar-refractivity contribution is -0.115. The van der Waals surface area contributed by atoms with Crippen molar-refractivity contribution in [2.75, 3.05) is 19.6 Å². The Morgan fingerprint density at radius 2 is 2.41 bits per heavy atom. The lowest BCUT2D eigenvalue weighted by Crippen LogP contribution is -2.37. The number of amides is 1. The fourth-order valence-electron chi connectivity index (χ4n) is 3.14. The van der Waals surface area contributed by atoms with Crippen molar-refractivity contribution in [3.8, 4) is 0 Å². The van der Waals surface area contributed by atoms with E-state index in [0.717, 1.165) is 31.8 Å². The SMILES string of the molecule is CC(C)CN1CCC2(CC(C(=O)NCc3ccco3)=NO2)C1. The van der Waals surface area contributed by atoms with E-state index in [-0.39, 0.29) is 11.5 Å². The van der Waals surface area contributed by atoms with Crippen molar-refractivity contribution < 1.29 is 14.0 Å². The first-order valence-electron chi connectivity index (χ1n) is 7.84. The molecule has 1 aromatic rings. The number of hydrogen-bond donors (Lipinski definition) is 1. The molecule has 1 unspecified atom stereocenters. The van der Waals surface area contributed by atoms with E-state index in [0.29, 0.717) is 24.6 Å². The molecule has 0 aromatic carbocycles. The van der Waals surface area contributed by atoms with Gasteiger partial charge in [0.2, 0.25) is 0 Å². The lowest BCUT2D eigenvalue weighted by atomic mass is 9.96. The van der Waals surface area contributed by atoms with Crippen LogP contribution in [0.5, 0.6) is 0 Å². The summed E-state index contributed by atoms with van der Waals surface area (Å²) >= 11 is 0. The second-order valence-corrected chi connectivity index (χ2v) is 6.63. The number of carbonyl (C=O) groups excluding carboxylic acids is 1. The van der Waals surface area contributed by atoms with Gasteiger partial charge in [-0.3, -0.25) is 9.69 Å². The summed E-state index contributed by atoms with van der Waals surface area (Å²) in [6, 6.07) is 3.63. The van der Waals surface area contributed by atoms with Crippen LogP contribution >= 0.6 is 0 Å². The third kappa shape index (κ3) is 3.32. The van der Waals surface area contributed by atoms with Gasteiger partial charge in [0.15, 0.2) is 5.60 Å². The van der Waals surface area contributed by atoms with E-state index in [1.54, 1.807) is 12.3 Å². The summed E-state index contributed by atoms with van der Waals surface area (Å²) < 4.78 is 5.20. The molecule has 0 bridgehead atoms. The van der Waals surface area contributed by atoms with E-state index < -0.39 is 0 Å². The Balaban J connectivity index is 1.50. The molecule has 1 N–H and O–H groups in total. The Labute approximate surface area is 130 Å². The fourth-order valence-corrected chi connectivity index (χ4v) is 3.14. The van der Waals surface area contributed by atoms with Gasteiger partial charge in [-0.2, -0.15) is 0 Å². The zero-order valence-corrected chi connectivity index (χ0v) is 13.2. The summed E-state index contributed by atoms with van der Waals surface area (Å²) in [5, 5.41) is 6.85. The molecular weight excluding hydrogens is 282 g/mol. The Morgan fingerprint density at radius 1 is 1.55 bits per heavy atom. The molecule has 2 aliphatic rings. The van der Waals surface area contributed by atoms with Gasteiger partial charge in [0.1, 0.15) is 11.5 Å². The molecule has 1 fully saturated rings. The van der Waals surface area contributed by atoms with Crippen LogP contribution in [-0.2, 0) is 16.2 Å². The van der Waals surface area contributed by atoms with Gasteiger partial charge in [-0.1, -0.05) is 19.0 Å². The van der Waals surface area contributed by atoms with Crippen LogP contribution in [0.25, 0.3) is 0 Å². The Bertz CT molecular complexity index is 553. The summed E-state index contributed by atoms with van der Waals surface area (Å²) in [5.41, 5.74) is 0.185. The molecule has 3 heterocycles. The lowest BCUT2D eigenvalue weighted by Gasteiger charge is -2.22. The van der Waals surface area contributed by atoms with E-state index in [9.17, 15) is 4.79 Å². The van der Waals surface area contributed by atoms with Crippen molar-refractivity contribution in [3.63, 3.8) is 0 Å². The van der Waals surface area contributed by atoms with Gasteiger partial charge in [-0.05, 0) is 18.1 Å². The predicted octanol–water partition coefficient (Wildman–Crippen LogP) is 1.77. The molecule has 6 heteroatoms. The number of nitrogens with one attached hydrogen (secondary N) is 1. The zero-order valence-electron chi connectivity index (χ0n) is 13.2. The van der Waals surface area contributed by atoms with Gasteiger partial charge in [0.25, 0.3) is 5.91 Å². The summed E-state index contributed by atoms with van der Waals surface area (Å²) in [6.07, 6.45) is 3.11. The molecule has 1 amide bonds. The second kappa shape index (κ2) is 6.12. The largest absolute Gasteiger partial charge is 0.467 e. The topological polar surface area (TPSA) is 67.1 Å². The van der Waals surface area contributed by atoms with Gasteiger partial charge in [-0.15, -0.1) is 0 Å². The minimum absolute atomic E-state index is 0.171. The van der Waals surface area contributed by atoms with Gasteiger partial charge >= 0.3 is 0 Å². The van der Waals surface area contributed by atoms with Crippen LogP contribution in [-0.4, -0.2) is 41.8 Å². The molecule has 1 saturated heterocycles. The van der Waals surface area contributed by atoms with E-state index in [2.05, 4.69) is 29.2 Å². The van der Waals surface area contributed by atoms with Crippen LogP contribution in [0.3, 0.4) is 0 Å². The zero-order chi connectivity index (χ0) is 15.6. The standard InChI is InChI=1S/C16H23N3O3/c1-12(2)10-19-6-5-16(11-19)8-14(18-22-16)15(20)17-9-13-4-3-7-21-13/h3-4,7,12H,5-6,8-11H2,1-2H3,(H,17,20). The first kappa shape index (κ1) is 15.1. The first-order chi connectivity index (χ1) is 10.6. The third-order valence-corrected chi connectivity index (χ3v) is 4.12. The molecule has 6 nitrogen and oxygen atoms in total. The quantitative estimate of drug-likeness (QED) is 0.900. The maximum atomic E-state index is 12.2. The summed E-state index contributed by atoms with van der Waals surface area (Å²) in [6.45, 7) is 7.72. The summed E-state index contributed by atoms with van der Waals surface area (Å²) in [5.74, 6) is 1.19. The van der Waals surface area contributed by atoms with E-state index >= 15 is 0 Å². The van der Waals surface area contributed by atoms with Gasteiger partial charge in [0, 0.05) is 32.5 Å². The molecule has 1 atom stereocenters. The number of oxime groups is 1. The Kier molecular flexibility index (Phi) is 4.20. The molecule has 0 saturated carbocycles. The summed E-state index contributed by atoms with van der Waals surface area (Å²) in [4.78, 5) is 20.2. The highest BCUT2D eigenvalue weighted by Gasteiger charge is 2.46. The number of hydrogen-bond acceptors (Lipinski definition) is 5. The Morgan fingerprint density at radius 3 is 3.14 bits per heavy atom. The average Bonchev–Trinajstić information content (AvgIpc) is 3.19. The van der Waals surface area contributed by atoms with Crippen molar-refractivity contribution >= 4 is 11.6 Å². The van der Waals surface area contributed by atoms with Crippen LogP contribution in [0.1, 0.15) is 32.4 Å². The number of rotatable bonds is 5. The maximum Gasteiger partial charge on any atom is 0.269 e. The first-order valence-corrected chi connectivity index (χ1v) is 7.84. The van der Waals surface area contributed by atoms with Crippen LogP contribution in [0, 0.1) is 5.92 Å². The van der Waals surface area contributed by atoms with Crippen molar-refractivity contribution in [1.29, 1.82) is 0 Å².